The van der Waals surface area contributed by atoms with Crippen molar-refractivity contribution < 1.29 is 4.79 Å². The number of hydrogen-bond acceptors (Lipinski definition) is 4. The van der Waals surface area contributed by atoms with Crippen molar-refractivity contribution in [2.45, 2.75) is 96.9 Å². The second kappa shape index (κ2) is 12.4. The van der Waals surface area contributed by atoms with E-state index in [1.54, 1.807) is 12.1 Å². The highest BCUT2D eigenvalue weighted by Gasteiger charge is 2.16. The lowest BCUT2D eigenvalue weighted by Gasteiger charge is -2.11. The third-order valence-electron chi connectivity index (χ3n) is 6.05. The second-order valence-corrected chi connectivity index (χ2v) is 8.58. The van der Waals surface area contributed by atoms with Crippen LogP contribution in [0.3, 0.4) is 0 Å². The summed E-state index contributed by atoms with van der Waals surface area (Å²) in [5.74, 6) is -0.347. The molecule has 1 heterocycles. The fraction of sp³-hybridized carbons (Fsp3) is 0.600. The molecule has 1 aliphatic rings. The normalized spacial score (nSPS) is 16.4. The molecule has 0 saturated heterocycles. The molecule has 0 spiro atoms. The third kappa shape index (κ3) is 6.74. The van der Waals surface area contributed by atoms with Gasteiger partial charge in [0, 0.05) is 17.6 Å². The number of hydrogen-bond donors (Lipinski definition) is 1. The van der Waals surface area contributed by atoms with Crippen LogP contribution >= 0.6 is 0 Å². The van der Waals surface area contributed by atoms with Crippen LogP contribution in [0.5, 0.6) is 0 Å². The van der Waals surface area contributed by atoms with E-state index in [0.717, 1.165) is 44.2 Å². The van der Waals surface area contributed by atoms with Crippen LogP contribution in [-0.2, 0) is 6.54 Å². The molecule has 3 rings (SSSR count). The van der Waals surface area contributed by atoms with E-state index in [1.165, 1.54) is 49.6 Å². The first-order chi connectivity index (χ1) is 15.2. The summed E-state index contributed by atoms with van der Waals surface area (Å²) < 4.78 is 1.42. The predicted octanol–water partition coefficient (Wildman–Crippen LogP) is 5.59. The van der Waals surface area contributed by atoms with Gasteiger partial charge in [0.25, 0.3) is 11.5 Å². The van der Waals surface area contributed by atoms with Crippen LogP contribution < -0.4 is 11.0 Å². The summed E-state index contributed by atoms with van der Waals surface area (Å²) in [5.41, 5.74) is 3.93. The number of aryl methyl sites for hydroxylation is 1. The lowest BCUT2D eigenvalue weighted by atomic mass is 10.00. The zero-order valence-electron chi connectivity index (χ0n) is 18.9. The van der Waals surface area contributed by atoms with Crippen LogP contribution in [0.4, 0.5) is 0 Å². The molecule has 1 N–H and O–H groups in total. The Kier molecular flexibility index (Phi) is 9.25. The molecule has 31 heavy (non-hydrogen) atoms. The van der Waals surface area contributed by atoms with Crippen molar-refractivity contribution in [3.63, 3.8) is 0 Å². The third-order valence-corrected chi connectivity index (χ3v) is 6.05. The van der Waals surface area contributed by atoms with E-state index in [4.69, 9.17) is 0 Å². The van der Waals surface area contributed by atoms with E-state index in [-0.39, 0.29) is 17.2 Å². The monoisotopic (exact) mass is 424 g/mol. The van der Waals surface area contributed by atoms with Crippen LogP contribution in [0.2, 0.25) is 0 Å². The van der Waals surface area contributed by atoms with Gasteiger partial charge in [0.05, 0.1) is 5.39 Å². The van der Waals surface area contributed by atoms with Gasteiger partial charge in [-0.3, -0.25) is 9.59 Å². The topological polar surface area (TPSA) is 76.3 Å². The Morgan fingerprint density at radius 3 is 2.16 bits per heavy atom. The zero-order chi connectivity index (χ0) is 21.9. The number of carbonyl (C=O) groups excluding carboxylic acids is 1. The number of carbonyl (C=O) groups is 1. The fourth-order valence-corrected chi connectivity index (χ4v) is 4.18. The minimum absolute atomic E-state index is 0.147. The molecule has 0 aliphatic heterocycles. The summed E-state index contributed by atoms with van der Waals surface area (Å²) in [5, 5.41) is 10.0. The van der Waals surface area contributed by atoms with Crippen LogP contribution in [0.25, 0.3) is 10.8 Å². The molecule has 1 saturated carbocycles. The summed E-state index contributed by atoms with van der Waals surface area (Å²) >= 11 is 0. The van der Waals surface area contributed by atoms with Crippen LogP contribution in [0.1, 0.15) is 101 Å². The summed E-state index contributed by atoms with van der Waals surface area (Å²) in [6.45, 7) is 2.58. The minimum atomic E-state index is -0.347. The molecule has 0 bridgehead atoms. The van der Waals surface area contributed by atoms with Crippen molar-refractivity contribution >= 4 is 22.4 Å². The van der Waals surface area contributed by atoms with Crippen molar-refractivity contribution in [3.05, 3.63) is 40.3 Å². The number of rotatable bonds is 5. The zero-order valence-corrected chi connectivity index (χ0v) is 18.9. The van der Waals surface area contributed by atoms with Gasteiger partial charge in [-0.25, -0.2) is 10.1 Å². The highest BCUT2D eigenvalue weighted by molar-refractivity contribution is 6.05. The highest BCUT2D eigenvalue weighted by Crippen LogP contribution is 2.16. The molecule has 1 aromatic heterocycles. The molecule has 2 aromatic rings. The SMILES string of the molecule is CCCCn1nc(C(=O)NN=C2CCCCCCCCCCC2)c2ccccc2c1=O. The molecule has 0 unspecified atom stereocenters. The number of amides is 1. The predicted molar refractivity (Wildman–Crippen MR) is 127 cm³/mol. The lowest BCUT2D eigenvalue weighted by molar-refractivity contribution is 0.0949. The first kappa shape index (κ1) is 23.2. The molecule has 1 aliphatic carbocycles. The van der Waals surface area contributed by atoms with E-state index >= 15 is 0 Å². The van der Waals surface area contributed by atoms with Gasteiger partial charge in [0.1, 0.15) is 0 Å². The average molecular weight is 425 g/mol. The van der Waals surface area contributed by atoms with Gasteiger partial charge >= 0.3 is 0 Å². The van der Waals surface area contributed by atoms with Crippen LogP contribution in [0, 0.1) is 0 Å². The van der Waals surface area contributed by atoms with Gasteiger partial charge in [-0.15, -0.1) is 0 Å². The van der Waals surface area contributed by atoms with Crippen molar-refractivity contribution in [1.29, 1.82) is 0 Å². The Labute approximate surface area is 185 Å². The van der Waals surface area contributed by atoms with E-state index in [0.29, 0.717) is 17.3 Å². The maximum absolute atomic E-state index is 13.0. The molecule has 0 radical (unpaired) electrons. The van der Waals surface area contributed by atoms with Crippen LogP contribution in [0.15, 0.2) is 34.2 Å². The number of fused-ring (bicyclic) bond motifs is 1. The summed E-state index contributed by atoms with van der Waals surface area (Å²) in [4.78, 5) is 25.8. The number of hydrazone groups is 1. The van der Waals surface area contributed by atoms with Gasteiger partial charge < -0.3 is 0 Å². The molecule has 1 aromatic carbocycles. The smallest absolute Gasteiger partial charge is 0.267 e. The number of unbranched alkanes of at least 4 members (excludes halogenated alkanes) is 1. The van der Waals surface area contributed by atoms with E-state index in [2.05, 4.69) is 22.5 Å². The van der Waals surface area contributed by atoms with E-state index < -0.39 is 0 Å². The Morgan fingerprint density at radius 1 is 0.968 bits per heavy atom. The van der Waals surface area contributed by atoms with Crippen LogP contribution in [-0.4, -0.2) is 21.4 Å². The highest BCUT2D eigenvalue weighted by atomic mass is 16.2. The molecular formula is C25H36N4O2. The van der Waals surface area contributed by atoms with Crippen molar-refractivity contribution in [2.75, 3.05) is 0 Å². The molecule has 1 amide bonds. The van der Waals surface area contributed by atoms with Gasteiger partial charge in [0.2, 0.25) is 0 Å². The van der Waals surface area contributed by atoms with Gasteiger partial charge in [0.15, 0.2) is 5.69 Å². The standard InChI is InChI=1S/C25H36N4O2/c1-2-3-19-29-25(31)22-18-14-13-17-21(22)23(28-29)24(30)27-26-20-15-11-9-7-5-4-6-8-10-12-16-20/h13-14,17-18H,2-12,15-16,19H2,1H3,(H,27,30). The fourth-order valence-electron chi connectivity index (χ4n) is 4.18. The first-order valence-electron chi connectivity index (χ1n) is 12.1. The average Bonchev–Trinajstić information content (AvgIpc) is 2.78. The van der Waals surface area contributed by atoms with Crippen molar-refractivity contribution in [1.82, 2.24) is 15.2 Å². The molecule has 6 nitrogen and oxygen atoms in total. The molecule has 6 heteroatoms. The largest absolute Gasteiger partial charge is 0.292 e. The van der Waals surface area contributed by atoms with Gasteiger partial charge in [-0.2, -0.15) is 10.2 Å². The Bertz CT molecular complexity index is 934. The molecule has 1 fully saturated rings. The van der Waals surface area contributed by atoms with E-state index in [1.807, 2.05) is 12.1 Å². The summed E-state index contributed by atoms with van der Waals surface area (Å²) in [6, 6.07) is 7.19. The molecule has 168 valence electrons. The Hall–Kier alpha value is -2.50. The minimum Gasteiger partial charge on any atom is -0.267 e. The first-order valence-corrected chi connectivity index (χ1v) is 12.1. The summed E-state index contributed by atoms with van der Waals surface area (Å²) in [7, 11) is 0. The molecular weight excluding hydrogens is 388 g/mol. The number of nitrogens with one attached hydrogen (secondary N) is 1. The lowest BCUT2D eigenvalue weighted by Crippen LogP contribution is -2.29. The Balaban J connectivity index is 1.79. The summed E-state index contributed by atoms with van der Waals surface area (Å²) in [6.07, 6.45) is 15.0. The number of benzene rings is 1. The number of nitrogens with zero attached hydrogens (tertiary/aromatic N) is 3. The second-order valence-electron chi connectivity index (χ2n) is 8.58. The molecule has 0 atom stereocenters. The van der Waals surface area contributed by atoms with Crippen molar-refractivity contribution in [2.24, 2.45) is 5.10 Å². The van der Waals surface area contributed by atoms with Gasteiger partial charge in [-0.1, -0.05) is 76.5 Å². The quantitative estimate of drug-likeness (QED) is 0.636. The number of aromatic nitrogens is 2. The Morgan fingerprint density at radius 2 is 1.55 bits per heavy atom. The maximum Gasteiger partial charge on any atom is 0.292 e. The maximum atomic E-state index is 13.0. The van der Waals surface area contributed by atoms with E-state index in [9.17, 15) is 9.59 Å². The van der Waals surface area contributed by atoms with Gasteiger partial charge in [-0.05, 0) is 38.2 Å². The van der Waals surface area contributed by atoms with Crippen molar-refractivity contribution in [3.8, 4) is 0 Å².